The third-order valence-electron chi connectivity index (χ3n) is 6.88. The highest BCUT2D eigenvalue weighted by atomic mass is 16.6. The van der Waals surface area contributed by atoms with Gasteiger partial charge >= 0.3 is 24.1 Å². The predicted octanol–water partition coefficient (Wildman–Crippen LogP) is 4.74. The van der Waals surface area contributed by atoms with Crippen LogP contribution in [0.15, 0.2) is 36.4 Å². The van der Waals surface area contributed by atoms with E-state index in [1.807, 2.05) is 0 Å². The molecule has 2 saturated heterocycles. The number of esters is 2. The number of benzene rings is 1. The number of carbonyl (C=O) groups excluding carboxylic acids is 6. The highest BCUT2D eigenvalue weighted by Crippen LogP contribution is 2.23. The van der Waals surface area contributed by atoms with Crippen molar-refractivity contribution < 1.29 is 47.7 Å². The Balaban J connectivity index is 1.42. The lowest BCUT2D eigenvalue weighted by Crippen LogP contribution is -2.44. The molecule has 0 radical (unpaired) electrons. The van der Waals surface area contributed by atoms with E-state index in [-0.39, 0.29) is 0 Å². The summed E-state index contributed by atoms with van der Waals surface area (Å²) in [6.07, 6.45) is 6.71. The van der Waals surface area contributed by atoms with Crippen LogP contribution in [0, 0.1) is 0 Å². The lowest BCUT2D eigenvalue weighted by Gasteiger charge is -2.27. The molecule has 1 aromatic rings. The second kappa shape index (κ2) is 15.7. The van der Waals surface area contributed by atoms with Gasteiger partial charge in [0.05, 0.1) is 0 Å². The van der Waals surface area contributed by atoms with Crippen molar-refractivity contribution in [2.45, 2.75) is 90.5 Å². The molecule has 3 rings (SSSR count). The van der Waals surface area contributed by atoms with Crippen LogP contribution in [-0.2, 0) is 38.1 Å². The minimum absolute atomic E-state index is 0.381. The molecule has 12 nitrogen and oxygen atoms in total. The van der Waals surface area contributed by atoms with Crippen LogP contribution < -0.4 is 0 Å². The van der Waals surface area contributed by atoms with E-state index < -0.39 is 72.2 Å². The smallest absolute Gasteiger partial charge is 0.411 e. The van der Waals surface area contributed by atoms with Crippen molar-refractivity contribution in [1.29, 1.82) is 0 Å². The summed E-state index contributed by atoms with van der Waals surface area (Å²) in [6.45, 7) is 10.3. The van der Waals surface area contributed by atoms with Crippen LogP contribution in [0.25, 0.3) is 12.2 Å². The molecule has 0 unspecified atom stereocenters. The third-order valence-corrected chi connectivity index (χ3v) is 6.88. The van der Waals surface area contributed by atoms with Gasteiger partial charge in [0.25, 0.3) is 0 Å². The van der Waals surface area contributed by atoms with Crippen molar-refractivity contribution in [3.05, 3.63) is 47.5 Å². The van der Waals surface area contributed by atoms with Gasteiger partial charge in [-0.15, -0.1) is 0 Å². The molecule has 2 heterocycles. The zero-order valence-electron chi connectivity index (χ0n) is 27.4. The van der Waals surface area contributed by atoms with E-state index >= 15 is 0 Å². The van der Waals surface area contributed by atoms with Crippen molar-refractivity contribution in [3.63, 3.8) is 0 Å². The Labute approximate surface area is 269 Å². The largest absolute Gasteiger partial charge is 0.456 e. The minimum atomic E-state index is -0.784. The van der Waals surface area contributed by atoms with Gasteiger partial charge in [0, 0.05) is 13.1 Å². The number of hydrogen-bond donors (Lipinski definition) is 0. The van der Waals surface area contributed by atoms with Crippen molar-refractivity contribution in [2.75, 3.05) is 26.3 Å². The van der Waals surface area contributed by atoms with E-state index in [2.05, 4.69) is 0 Å². The fourth-order valence-corrected chi connectivity index (χ4v) is 4.77. The molecule has 2 aliphatic rings. The average molecular weight is 641 g/mol. The van der Waals surface area contributed by atoms with E-state index in [9.17, 15) is 28.8 Å². The molecule has 2 amide bonds. The molecule has 0 saturated carbocycles. The lowest BCUT2D eigenvalue weighted by atomic mass is 10.1. The SMILES string of the molecule is CC(C)(C)OC(=O)N1CCC[C@H]1C(=O)OCC(=O)C=Cc1ccc(C=CC(=O)COC(=O)[C@@H]2CCCN2C(=O)OC(C)(C)C)cc1. The van der Waals surface area contributed by atoms with Gasteiger partial charge in [-0.2, -0.15) is 0 Å². The molecule has 0 aliphatic carbocycles. The first kappa shape index (κ1) is 36.0. The molecule has 12 heteroatoms. The summed E-state index contributed by atoms with van der Waals surface area (Å²) in [4.78, 5) is 77.2. The normalized spacial score (nSPS) is 18.6. The summed E-state index contributed by atoms with van der Waals surface area (Å²) in [5.74, 6) is -2.14. The summed E-state index contributed by atoms with van der Waals surface area (Å²) in [5.41, 5.74) is 0.0225. The lowest BCUT2D eigenvalue weighted by molar-refractivity contribution is -0.151. The highest BCUT2D eigenvalue weighted by Gasteiger charge is 2.39. The maximum atomic E-state index is 12.5. The van der Waals surface area contributed by atoms with Crippen LogP contribution in [0.3, 0.4) is 0 Å². The van der Waals surface area contributed by atoms with Crippen LogP contribution in [0.2, 0.25) is 0 Å². The van der Waals surface area contributed by atoms with E-state index in [1.165, 1.54) is 22.0 Å². The molecule has 0 N–H and O–H groups in total. The third kappa shape index (κ3) is 11.5. The summed E-state index contributed by atoms with van der Waals surface area (Å²) in [6, 6.07) is 5.39. The number of carbonyl (C=O) groups is 6. The average Bonchev–Trinajstić information content (AvgIpc) is 3.66. The van der Waals surface area contributed by atoms with E-state index in [0.29, 0.717) is 49.9 Å². The predicted molar refractivity (Wildman–Crippen MR) is 168 cm³/mol. The second-order valence-corrected chi connectivity index (χ2v) is 13.1. The van der Waals surface area contributed by atoms with Gasteiger partial charge in [0.2, 0.25) is 0 Å². The first-order valence-corrected chi connectivity index (χ1v) is 15.4. The topological polar surface area (TPSA) is 146 Å². The molecule has 250 valence electrons. The number of nitrogens with zero attached hydrogens (tertiary/aromatic N) is 2. The zero-order chi connectivity index (χ0) is 34.1. The quantitative estimate of drug-likeness (QED) is 0.200. The fourth-order valence-electron chi connectivity index (χ4n) is 4.77. The van der Waals surface area contributed by atoms with Gasteiger partial charge in [-0.05, 0) is 90.5 Å². The number of hydrogen-bond acceptors (Lipinski definition) is 10. The highest BCUT2D eigenvalue weighted by molar-refractivity contribution is 5.97. The van der Waals surface area contributed by atoms with Gasteiger partial charge in [-0.1, -0.05) is 36.4 Å². The van der Waals surface area contributed by atoms with Crippen LogP contribution >= 0.6 is 0 Å². The molecule has 46 heavy (non-hydrogen) atoms. The Bertz CT molecular complexity index is 1250. The van der Waals surface area contributed by atoms with E-state index in [4.69, 9.17) is 18.9 Å². The molecular formula is C34H44N2O10. The Hall–Kier alpha value is -4.48. The maximum absolute atomic E-state index is 12.5. The zero-order valence-corrected chi connectivity index (χ0v) is 27.4. The van der Waals surface area contributed by atoms with Crippen LogP contribution in [0.4, 0.5) is 9.59 Å². The molecule has 2 aliphatic heterocycles. The summed E-state index contributed by atoms with van der Waals surface area (Å²) >= 11 is 0. The van der Waals surface area contributed by atoms with Crippen LogP contribution in [0.5, 0.6) is 0 Å². The molecule has 1 aromatic carbocycles. The molecule has 2 atom stereocenters. The summed E-state index contributed by atoms with van der Waals surface area (Å²) < 4.78 is 21.1. The Kier molecular flexibility index (Phi) is 12.3. The van der Waals surface area contributed by atoms with E-state index in [0.717, 1.165) is 0 Å². The monoisotopic (exact) mass is 640 g/mol. The summed E-state index contributed by atoms with van der Waals surface area (Å²) in [7, 11) is 0. The second-order valence-electron chi connectivity index (χ2n) is 13.1. The summed E-state index contributed by atoms with van der Waals surface area (Å²) in [5, 5.41) is 0. The number of amides is 2. The van der Waals surface area contributed by atoms with Gasteiger partial charge in [-0.3, -0.25) is 19.4 Å². The first-order chi connectivity index (χ1) is 21.5. The number of likely N-dealkylation sites (tertiary alicyclic amines) is 2. The Morgan fingerprint density at radius 2 is 1.00 bits per heavy atom. The van der Waals surface area contributed by atoms with Crippen LogP contribution in [0.1, 0.15) is 78.4 Å². The number of rotatable bonds is 10. The molecule has 2 fully saturated rings. The van der Waals surface area contributed by atoms with Gasteiger partial charge < -0.3 is 18.9 Å². The molecular weight excluding hydrogens is 596 g/mol. The molecule has 0 bridgehead atoms. The molecule has 0 aromatic heterocycles. The van der Waals surface area contributed by atoms with E-state index in [1.54, 1.807) is 78.0 Å². The van der Waals surface area contributed by atoms with Crippen molar-refractivity contribution in [1.82, 2.24) is 9.80 Å². The number of ketones is 2. The van der Waals surface area contributed by atoms with Gasteiger partial charge in [0.1, 0.15) is 23.3 Å². The van der Waals surface area contributed by atoms with Crippen molar-refractivity contribution >= 4 is 47.8 Å². The Morgan fingerprint density at radius 3 is 1.33 bits per heavy atom. The molecule has 0 spiro atoms. The number of ether oxygens (including phenoxy) is 4. The van der Waals surface area contributed by atoms with Crippen molar-refractivity contribution in [2.24, 2.45) is 0 Å². The fraction of sp³-hybridized carbons (Fsp3) is 0.529. The maximum Gasteiger partial charge on any atom is 0.411 e. The van der Waals surface area contributed by atoms with Crippen molar-refractivity contribution in [3.8, 4) is 0 Å². The van der Waals surface area contributed by atoms with Gasteiger partial charge in [0.15, 0.2) is 24.8 Å². The standard InChI is InChI=1S/C34H44N2O10/c1-33(2,3)45-31(41)35-19-7-9-27(35)29(39)43-21-25(37)17-15-23-11-13-24(14-12-23)16-18-26(38)22-44-30(40)28-10-8-20-36(28)32(42)46-34(4,5)6/h11-18,27-28H,7-10,19-22H2,1-6H3/t27-,28-/m0/s1. The Morgan fingerprint density at radius 1 is 0.652 bits per heavy atom. The van der Waals surface area contributed by atoms with Gasteiger partial charge in [-0.25, -0.2) is 19.2 Å². The van der Waals surface area contributed by atoms with Crippen LogP contribution in [-0.4, -0.2) is 95.1 Å². The first-order valence-electron chi connectivity index (χ1n) is 15.4. The minimum Gasteiger partial charge on any atom is -0.456 e.